The average Bonchev–Trinajstić information content (AvgIpc) is 3.10. The van der Waals surface area contributed by atoms with Gasteiger partial charge in [0.05, 0.1) is 23.3 Å². The van der Waals surface area contributed by atoms with Crippen molar-refractivity contribution in [1.82, 2.24) is 4.57 Å². The van der Waals surface area contributed by atoms with Crippen molar-refractivity contribution in [2.45, 2.75) is 65.8 Å². The molecule has 3 rings (SSSR count). The lowest BCUT2D eigenvalue weighted by Crippen LogP contribution is -2.18. The van der Waals surface area contributed by atoms with E-state index in [0.29, 0.717) is 68.0 Å². The first-order valence-corrected chi connectivity index (χ1v) is 12.8. The number of unbranched alkanes of at least 4 members (excludes halogenated alkanes) is 1. The molecular weight excluding hydrogens is 491 g/mol. The van der Waals surface area contributed by atoms with Crippen LogP contribution in [0.1, 0.15) is 78.8 Å². The van der Waals surface area contributed by atoms with Crippen molar-refractivity contribution < 1.29 is 23.9 Å². The fourth-order valence-corrected chi connectivity index (χ4v) is 4.62. The molecule has 0 amide bonds. The second-order valence-corrected chi connectivity index (χ2v) is 9.15. The minimum atomic E-state index is -0.211. The summed E-state index contributed by atoms with van der Waals surface area (Å²) in [7, 11) is 0. The Morgan fingerprint density at radius 2 is 1.86 bits per heavy atom. The molecule has 0 bridgehead atoms. The number of carbonyl (C=O) groups excluding carboxylic acids is 2. The molecule has 2 aromatic rings. The van der Waals surface area contributed by atoms with Crippen LogP contribution in [-0.2, 0) is 32.1 Å². The third-order valence-corrected chi connectivity index (χ3v) is 6.58. The molecule has 0 fully saturated rings. The molecule has 0 saturated carbocycles. The van der Waals surface area contributed by atoms with E-state index in [0.717, 1.165) is 40.9 Å². The number of benzene rings is 1. The zero-order valence-electron chi connectivity index (χ0n) is 20.5. The molecule has 1 aliphatic carbocycles. The predicted molar refractivity (Wildman–Crippen MR) is 137 cm³/mol. The number of rotatable bonds is 11. The van der Waals surface area contributed by atoms with Crippen molar-refractivity contribution in [1.29, 1.82) is 0 Å². The number of fused-ring (bicyclic) bond motifs is 1. The molecule has 7 nitrogen and oxygen atoms in total. The summed E-state index contributed by atoms with van der Waals surface area (Å²) in [6, 6.07) is 5.52. The summed E-state index contributed by atoms with van der Waals surface area (Å²) in [4.78, 5) is 29.9. The van der Waals surface area contributed by atoms with Crippen molar-refractivity contribution in [3.63, 3.8) is 0 Å². The topological polar surface area (TPSA) is 79.1 Å². The van der Waals surface area contributed by atoms with Gasteiger partial charge in [0, 0.05) is 30.6 Å². The standard InChI is InChI=1S/C26H32Cl2N2O5/c1-4-33-23(32)11-6-7-14-35-29-26(34-5-2)25-17(3)24-21(9-8-10-22(24)31)30(25)16-18-12-13-19(27)20(28)15-18/h12-13,15H,4-11,14,16H2,1-3H3/b29-26-. The minimum absolute atomic E-state index is 0.133. The van der Waals surface area contributed by atoms with Gasteiger partial charge < -0.3 is 18.9 Å². The number of hydrogen-bond acceptors (Lipinski definition) is 6. The summed E-state index contributed by atoms with van der Waals surface area (Å²) in [5.74, 6) is 0.253. The molecule has 35 heavy (non-hydrogen) atoms. The summed E-state index contributed by atoms with van der Waals surface area (Å²) >= 11 is 12.4. The Labute approximate surface area is 216 Å². The fraction of sp³-hybridized carbons (Fsp3) is 0.500. The van der Waals surface area contributed by atoms with Gasteiger partial charge in [-0.25, -0.2) is 0 Å². The fourth-order valence-electron chi connectivity index (χ4n) is 4.30. The average molecular weight is 523 g/mol. The van der Waals surface area contributed by atoms with E-state index in [1.807, 2.05) is 26.0 Å². The molecule has 0 radical (unpaired) electrons. The van der Waals surface area contributed by atoms with E-state index < -0.39 is 0 Å². The summed E-state index contributed by atoms with van der Waals surface area (Å²) in [6.45, 7) is 7.18. The maximum atomic E-state index is 12.8. The SMILES string of the molecule is CCOC(=O)CCCCO/N=C(\OCC)c1c(C)c2c(n1Cc1ccc(Cl)c(Cl)c1)CCCC2=O. The van der Waals surface area contributed by atoms with E-state index >= 15 is 0 Å². The Balaban J connectivity index is 1.87. The van der Waals surface area contributed by atoms with E-state index in [1.54, 1.807) is 13.0 Å². The zero-order chi connectivity index (χ0) is 25.4. The normalized spacial score (nSPS) is 13.5. The number of ketones is 1. The highest BCUT2D eigenvalue weighted by molar-refractivity contribution is 6.42. The first kappa shape index (κ1) is 27.1. The smallest absolute Gasteiger partial charge is 0.305 e. The van der Waals surface area contributed by atoms with E-state index in [2.05, 4.69) is 9.72 Å². The second kappa shape index (κ2) is 13.0. The van der Waals surface area contributed by atoms with Gasteiger partial charge in [-0.2, -0.15) is 0 Å². The highest BCUT2D eigenvalue weighted by Gasteiger charge is 2.30. The van der Waals surface area contributed by atoms with Gasteiger partial charge in [-0.05, 0) is 74.9 Å². The lowest BCUT2D eigenvalue weighted by atomic mass is 9.93. The number of ether oxygens (including phenoxy) is 2. The van der Waals surface area contributed by atoms with Crippen LogP contribution in [0.4, 0.5) is 0 Å². The number of aromatic nitrogens is 1. The maximum absolute atomic E-state index is 12.8. The Morgan fingerprint density at radius 3 is 2.57 bits per heavy atom. The lowest BCUT2D eigenvalue weighted by Gasteiger charge is -2.17. The van der Waals surface area contributed by atoms with Gasteiger partial charge in [0.25, 0.3) is 5.90 Å². The van der Waals surface area contributed by atoms with E-state index in [4.69, 9.17) is 37.5 Å². The molecule has 1 aromatic heterocycles. The monoisotopic (exact) mass is 522 g/mol. The molecule has 0 saturated heterocycles. The largest absolute Gasteiger partial charge is 0.474 e. The van der Waals surface area contributed by atoms with Crippen molar-refractivity contribution in [3.05, 3.63) is 56.3 Å². The number of halogens is 2. The summed E-state index contributed by atoms with van der Waals surface area (Å²) in [6.07, 6.45) is 3.77. The van der Waals surface area contributed by atoms with Crippen LogP contribution in [0.25, 0.3) is 0 Å². The van der Waals surface area contributed by atoms with Gasteiger partial charge in [-0.3, -0.25) is 9.59 Å². The number of esters is 1. The van der Waals surface area contributed by atoms with Gasteiger partial charge in [-0.1, -0.05) is 29.3 Å². The van der Waals surface area contributed by atoms with Gasteiger partial charge in [0.2, 0.25) is 0 Å². The quantitative estimate of drug-likeness (QED) is 0.117. The molecule has 0 spiro atoms. The predicted octanol–water partition coefficient (Wildman–Crippen LogP) is 6.12. The second-order valence-electron chi connectivity index (χ2n) is 8.33. The molecule has 1 heterocycles. The zero-order valence-corrected chi connectivity index (χ0v) is 22.0. The lowest BCUT2D eigenvalue weighted by molar-refractivity contribution is -0.143. The Bertz CT molecular complexity index is 1090. The van der Waals surface area contributed by atoms with Crippen molar-refractivity contribution in [2.75, 3.05) is 19.8 Å². The van der Waals surface area contributed by atoms with E-state index in [9.17, 15) is 9.59 Å². The molecule has 0 aliphatic heterocycles. The summed E-state index contributed by atoms with van der Waals surface area (Å²) in [5.41, 5.74) is 4.23. The van der Waals surface area contributed by atoms with Crippen LogP contribution in [0.2, 0.25) is 10.0 Å². The summed E-state index contributed by atoms with van der Waals surface area (Å²) < 4.78 is 12.9. The van der Waals surface area contributed by atoms with Crippen molar-refractivity contribution in [3.8, 4) is 0 Å². The Morgan fingerprint density at radius 1 is 1.09 bits per heavy atom. The van der Waals surface area contributed by atoms with Gasteiger partial charge in [-0.15, -0.1) is 0 Å². The first-order valence-electron chi connectivity index (χ1n) is 12.0. The van der Waals surface area contributed by atoms with Crippen molar-refractivity contribution in [2.24, 2.45) is 5.16 Å². The number of oxime groups is 1. The number of carbonyl (C=O) groups is 2. The van der Waals surface area contributed by atoms with E-state index in [-0.39, 0.29) is 11.8 Å². The molecule has 0 atom stereocenters. The molecule has 1 aromatic carbocycles. The minimum Gasteiger partial charge on any atom is -0.474 e. The molecular formula is C26H32Cl2N2O5. The van der Waals surface area contributed by atoms with Crippen LogP contribution >= 0.6 is 23.2 Å². The highest BCUT2D eigenvalue weighted by Crippen LogP contribution is 2.32. The van der Waals surface area contributed by atoms with Gasteiger partial charge in [0.15, 0.2) is 5.78 Å². The highest BCUT2D eigenvalue weighted by atomic mass is 35.5. The maximum Gasteiger partial charge on any atom is 0.305 e. The third-order valence-electron chi connectivity index (χ3n) is 5.84. The third kappa shape index (κ3) is 6.79. The molecule has 0 unspecified atom stereocenters. The Hall–Kier alpha value is -2.51. The molecule has 9 heteroatoms. The van der Waals surface area contributed by atoms with Gasteiger partial charge >= 0.3 is 5.97 Å². The Kier molecular flexibility index (Phi) is 10.0. The number of hydrogen-bond donors (Lipinski definition) is 0. The van der Waals surface area contributed by atoms with Crippen LogP contribution in [0, 0.1) is 6.92 Å². The van der Waals surface area contributed by atoms with Crippen LogP contribution in [0.15, 0.2) is 23.4 Å². The first-order chi connectivity index (χ1) is 16.9. The van der Waals surface area contributed by atoms with Crippen LogP contribution in [-0.4, -0.2) is 42.0 Å². The van der Waals surface area contributed by atoms with Crippen LogP contribution < -0.4 is 0 Å². The number of nitrogens with zero attached hydrogens (tertiary/aromatic N) is 2. The van der Waals surface area contributed by atoms with E-state index in [1.165, 1.54) is 0 Å². The van der Waals surface area contributed by atoms with Gasteiger partial charge in [0.1, 0.15) is 12.3 Å². The molecule has 0 N–H and O–H groups in total. The summed E-state index contributed by atoms with van der Waals surface area (Å²) in [5, 5.41) is 5.27. The molecule has 190 valence electrons. The number of Topliss-reactive ketones (excluding diaryl/α,β-unsaturated/α-hetero) is 1. The van der Waals surface area contributed by atoms with Crippen LogP contribution in [0.5, 0.6) is 0 Å². The van der Waals surface area contributed by atoms with Crippen LogP contribution in [0.3, 0.4) is 0 Å². The molecule has 1 aliphatic rings. The van der Waals surface area contributed by atoms with Crippen molar-refractivity contribution >= 4 is 40.9 Å².